The highest BCUT2D eigenvalue weighted by Gasteiger charge is 2.29. The van der Waals surface area contributed by atoms with E-state index in [1.165, 1.54) is 4.31 Å². The van der Waals surface area contributed by atoms with Crippen molar-refractivity contribution >= 4 is 10.2 Å². The van der Waals surface area contributed by atoms with E-state index in [1.54, 1.807) is 7.11 Å². The average Bonchev–Trinajstić information content (AvgIpc) is 2.37. The Morgan fingerprint density at radius 2 is 2.17 bits per heavy atom. The molecule has 1 unspecified atom stereocenters. The van der Waals surface area contributed by atoms with Gasteiger partial charge in [0.25, 0.3) is 10.2 Å². The molecule has 7 heteroatoms. The lowest BCUT2D eigenvalue weighted by atomic mass is 10.0. The van der Waals surface area contributed by atoms with Crippen LogP contribution in [0.15, 0.2) is 0 Å². The maximum absolute atomic E-state index is 12.1. The summed E-state index contributed by atoms with van der Waals surface area (Å²) in [5.41, 5.74) is 5.11. The van der Waals surface area contributed by atoms with Crippen molar-refractivity contribution in [3.8, 4) is 0 Å². The summed E-state index contributed by atoms with van der Waals surface area (Å²) >= 11 is 0. The third kappa shape index (κ3) is 4.47. The molecule has 1 rings (SSSR count). The molecule has 0 radical (unpaired) electrons. The maximum atomic E-state index is 12.1. The van der Waals surface area contributed by atoms with Crippen LogP contribution in [0, 0.1) is 5.92 Å². The predicted octanol–water partition coefficient (Wildman–Crippen LogP) is -0.0835. The fourth-order valence-electron chi connectivity index (χ4n) is 1.87. The maximum Gasteiger partial charge on any atom is 0.279 e. The first kappa shape index (κ1) is 15.8. The van der Waals surface area contributed by atoms with Crippen LogP contribution in [0.5, 0.6) is 0 Å². The number of piperidine rings is 1. The quantitative estimate of drug-likeness (QED) is 0.712. The van der Waals surface area contributed by atoms with E-state index in [0.29, 0.717) is 19.6 Å². The number of hydrogen-bond donors (Lipinski definition) is 2. The average molecular weight is 279 g/mol. The van der Waals surface area contributed by atoms with Gasteiger partial charge in [0.05, 0.1) is 5.60 Å². The molecule has 1 saturated heterocycles. The van der Waals surface area contributed by atoms with Crippen LogP contribution < -0.4 is 10.5 Å². The van der Waals surface area contributed by atoms with Crippen LogP contribution in [-0.2, 0) is 14.9 Å². The highest BCUT2D eigenvalue weighted by Crippen LogP contribution is 2.17. The summed E-state index contributed by atoms with van der Waals surface area (Å²) in [5.74, 6) is 0.269. The summed E-state index contributed by atoms with van der Waals surface area (Å²) in [4.78, 5) is 0. The monoisotopic (exact) mass is 279 g/mol. The fraction of sp³-hybridized carbons (Fsp3) is 1.00. The van der Waals surface area contributed by atoms with Gasteiger partial charge in [-0.25, -0.2) is 0 Å². The first-order chi connectivity index (χ1) is 8.30. The van der Waals surface area contributed by atoms with Gasteiger partial charge < -0.3 is 10.5 Å². The molecule has 0 aromatic rings. The third-order valence-corrected chi connectivity index (χ3v) is 4.91. The van der Waals surface area contributed by atoms with E-state index < -0.39 is 15.8 Å². The molecule has 6 nitrogen and oxygen atoms in total. The fourth-order valence-corrected chi connectivity index (χ4v) is 3.36. The van der Waals surface area contributed by atoms with Crippen molar-refractivity contribution in [3.05, 3.63) is 0 Å². The number of nitrogens with one attached hydrogen (secondary N) is 1. The van der Waals surface area contributed by atoms with Gasteiger partial charge in [0, 0.05) is 26.7 Å². The number of hydrogen-bond acceptors (Lipinski definition) is 4. The molecule has 18 heavy (non-hydrogen) atoms. The second kappa shape index (κ2) is 6.29. The Kier molecular flexibility index (Phi) is 5.54. The summed E-state index contributed by atoms with van der Waals surface area (Å²) in [6.45, 7) is 5.56. The second-order valence-electron chi connectivity index (χ2n) is 5.39. The molecule has 0 saturated carbocycles. The zero-order valence-corrected chi connectivity index (χ0v) is 12.3. The van der Waals surface area contributed by atoms with Crippen LogP contribution >= 0.6 is 0 Å². The van der Waals surface area contributed by atoms with Crippen LogP contribution in [0.4, 0.5) is 0 Å². The first-order valence-electron chi connectivity index (χ1n) is 6.30. The lowest BCUT2D eigenvalue weighted by Crippen LogP contribution is -2.50. The first-order valence-corrected chi connectivity index (χ1v) is 7.75. The van der Waals surface area contributed by atoms with E-state index in [4.69, 9.17) is 10.5 Å². The Morgan fingerprint density at radius 3 is 2.72 bits per heavy atom. The molecule has 0 aromatic carbocycles. The van der Waals surface area contributed by atoms with Gasteiger partial charge >= 0.3 is 0 Å². The summed E-state index contributed by atoms with van der Waals surface area (Å²) in [6, 6.07) is 0. The van der Waals surface area contributed by atoms with E-state index in [-0.39, 0.29) is 12.5 Å². The molecule has 1 fully saturated rings. The van der Waals surface area contributed by atoms with E-state index in [2.05, 4.69) is 4.72 Å². The van der Waals surface area contributed by atoms with Crippen LogP contribution in [0.3, 0.4) is 0 Å². The molecule has 108 valence electrons. The number of nitrogens with zero attached hydrogens (tertiary/aromatic N) is 1. The third-order valence-electron chi connectivity index (χ3n) is 3.39. The molecule has 0 spiro atoms. The molecule has 0 amide bonds. The topological polar surface area (TPSA) is 84.7 Å². The smallest absolute Gasteiger partial charge is 0.279 e. The Hall–Kier alpha value is -0.210. The van der Waals surface area contributed by atoms with Crippen LogP contribution in [-0.4, -0.2) is 51.6 Å². The van der Waals surface area contributed by atoms with Gasteiger partial charge in [-0.05, 0) is 39.2 Å². The van der Waals surface area contributed by atoms with Gasteiger partial charge in [0.2, 0.25) is 0 Å². The molecule has 1 aliphatic rings. The van der Waals surface area contributed by atoms with E-state index in [9.17, 15) is 8.42 Å². The molecular weight excluding hydrogens is 254 g/mol. The highest BCUT2D eigenvalue weighted by molar-refractivity contribution is 7.87. The van der Waals surface area contributed by atoms with Crippen molar-refractivity contribution in [2.75, 3.05) is 33.3 Å². The lowest BCUT2D eigenvalue weighted by Gasteiger charge is -2.32. The minimum absolute atomic E-state index is 0.260. The summed E-state index contributed by atoms with van der Waals surface area (Å²) in [6.07, 6.45) is 1.88. The van der Waals surface area contributed by atoms with Gasteiger partial charge in [-0.2, -0.15) is 17.4 Å². The largest absolute Gasteiger partial charge is 0.377 e. The van der Waals surface area contributed by atoms with Crippen molar-refractivity contribution in [1.29, 1.82) is 0 Å². The van der Waals surface area contributed by atoms with Gasteiger partial charge in [0.1, 0.15) is 0 Å². The van der Waals surface area contributed by atoms with Crippen molar-refractivity contribution in [3.63, 3.8) is 0 Å². The summed E-state index contributed by atoms with van der Waals surface area (Å²) < 4.78 is 33.5. The van der Waals surface area contributed by atoms with E-state index in [0.717, 1.165) is 12.8 Å². The van der Waals surface area contributed by atoms with Gasteiger partial charge in [-0.15, -0.1) is 0 Å². The van der Waals surface area contributed by atoms with Crippen molar-refractivity contribution < 1.29 is 13.2 Å². The van der Waals surface area contributed by atoms with Crippen molar-refractivity contribution in [1.82, 2.24) is 9.03 Å². The molecular formula is C11H25N3O3S. The lowest BCUT2D eigenvalue weighted by molar-refractivity contribution is 0.0272. The molecule has 0 aliphatic carbocycles. The Bertz CT molecular complexity index is 357. The van der Waals surface area contributed by atoms with Gasteiger partial charge in [-0.1, -0.05) is 0 Å². The molecule has 3 N–H and O–H groups in total. The van der Waals surface area contributed by atoms with Crippen LogP contribution in [0.1, 0.15) is 26.7 Å². The number of methoxy groups -OCH3 is 1. The van der Waals surface area contributed by atoms with Gasteiger partial charge in [0.15, 0.2) is 0 Å². The van der Waals surface area contributed by atoms with Gasteiger partial charge in [-0.3, -0.25) is 0 Å². The zero-order valence-electron chi connectivity index (χ0n) is 11.5. The number of ether oxygens (including phenoxy) is 1. The van der Waals surface area contributed by atoms with Crippen LogP contribution in [0.2, 0.25) is 0 Å². The van der Waals surface area contributed by atoms with E-state index >= 15 is 0 Å². The predicted molar refractivity (Wildman–Crippen MR) is 71.4 cm³/mol. The minimum atomic E-state index is -3.42. The Balaban J connectivity index is 2.58. The molecule has 0 aromatic heterocycles. The SMILES string of the molecule is COC(C)(C)CNS(=O)(=O)N1CCCC(CN)C1. The molecule has 1 atom stereocenters. The second-order valence-corrected chi connectivity index (χ2v) is 7.15. The van der Waals surface area contributed by atoms with Crippen molar-refractivity contribution in [2.24, 2.45) is 11.7 Å². The molecule has 0 bridgehead atoms. The molecule has 1 heterocycles. The number of nitrogens with two attached hydrogens (primary N) is 1. The summed E-state index contributed by atoms with van der Waals surface area (Å²) in [7, 11) is -1.85. The standard InChI is InChI=1S/C11H25N3O3S/c1-11(2,17-3)9-13-18(15,16)14-6-4-5-10(7-12)8-14/h10,13H,4-9,12H2,1-3H3. The zero-order chi connectivity index (χ0) is 13.8. The van der Waals surface area contributed by atoms with Crippen LogP contribution in [0.25, 0.3) is 0 Å². The van der Waals surface area contributed by atoms with E-state index in [1.807, 2.05) is 13.8 Å². The minimum Gasteiger partial charge on any atom is -0.377 e. The normalized spacial score (nSPS) is 23.2. The Morgan fingerprint density at radius 1 is 1.50 bits per heavy atom. The number of rotatable bonds is 6. The Labute approximate surface area is 110 Å². The summed E-state index contributed by atoms with van der Waals surface area (Å²) in [5, 5.41) is 0. The van der Waals surface area contributed by atoms with Crippen molar-refractivity contribution in [2.45, 2.75) is 32.3 Å². The molecule has 1 aliphatic heterocycles. The highest BCUT2D eigenvalue weighted by atomic mass is 32.2.